The number of urea groups is 2. The van der Waals surface area contributed by atoms with E-state index in [-0.39, 0.29) is 12.2 Å². The Bertz CT molecular complexity index is 584. The minimum Gasteiger partial charge on any atom is -0.351 e. The second-order valence-corrected chi connectivity index (χ2v) is 4.03. The van der Waals surface area contributed by atoms with Gasteiger partial charge >= 0.3 is 18.2 Å². The summed E-state index contributed by atoms with van der Waals surface area (Å²) < 4.78 is 37.9. The van der Waals surface area contributed by atoms with Crippen LogP contribution in [0, 0.1) is 0 Å². The Morgan fingerprint density at radius 3 is 2.60 bits per heavy atom. The smallest absolute Gasteiger partial charge is 0.351 e. The molecule has 1 aromatic carbocycles. The van der Waals surface area contributed by atoms with Crippen LogP contribution in [0.4, 0.5) is 28.4 Å². The molecule has 0 unspecified atom stereocenters. The summed E-state index contributed by atoms with van der Waals surface area (Å²) in [5, 5.41) is 0. The van der Waals surface area contributed by atoms with E-state index >= 15 is 0 Å². The minimum absolute atomic E-state index is 0.00650. The van der Waals surface area contributed by atoms with E-state index in [9.17, 15) is 22.8 Å². The fourth-order valence-electron chi connectivity index (χ4n) is 1.74. The number of halogens is 3. The third-order valence-corrected chi connectivity index (χ3v) is 2.70. The van der Waals surface area contributed by atoms with Gasteiger partial charge in [0.1, 0.15) is 0 Å². The zero-order chi connectivity index (χ0) is 14.9. The van der Waals surface area contributed by atoms with Gasteiger partial charge in [-0.1, -0.05) is 6.07 Å². The van der Waals surface area contributed by atoms with Crippen LogP contribution in [0.3, 0.4) is 0 Å². The largest absolute Gasteiger partial charge is 0.416 e. The first-order valence-electron chi connectivity index (χ1n) is 5.55. The molecule has 4 amide bonds. The van der Waals surface area contributed by atoms with Crippen LogP contribution in [0.25, 0.3) is 0 Å². The molecule has 0 spiro atoms. The van der Waals surface area contributed by atoms with Crippen molar-refractivity contribution in [3.8, 4) is 0 Å². The highest BCUT2D eigenvalue weighted by Gasteiger charge is 2.32. The summed E-state index contributed by atoms with van der Waals surface area (Å²) in [6, 6.07) is 2.49. The Hall–Kier alpha value is -2.51. The Kier molecular flexibility index (Phi) is 3.39. The number of nitrogens with zero attached hydrogens (tertiary/aromatic N) is 2. The van der Waals surface area contributed by atoms with E-state index in [0.717, 1.165) is 21.9 Å². The van der Waals surface area contributed by atoms with Gasteiger partial charge < -0.3 is 5.73 Å². The average molecular weight is 285 g/mol. The zero-order valence-corrected chi connectivity index (χ0v) is 10.1. The lowest BCUT2D eigenvalue weighted by molar-refractivity contribution is -0.137. The predicted molar refractivity (Wildman–Crippen MR) is 64.7 cm³/mol. The fourth-order valence-corrected chi connectivity index (χ4v) is 1.74. The number of imide groups is 1. The molecule has 2 rings (SSSR count). The SMILES string of the molecule is NC(=O)N1CC=CN(c2cccc(C(F)(F)F)c2)C1=O. The molecule has 0 radical (unpaired) electrons. The Balaban J connectivity index is 2.37. The monoisotopic (exact) mass is 285 g/mol. The molecular formula is C12H10F3N3O2. The van der Waals surface area contributed by atoms with E-state index in [1.54, 1.807) is 0 Å². The summed E-state index contributed by atoms with van der Waals surface area (Å²) >= 11 is 0. The van der Waals surface area contributed by atoms with Crippen molar-refractivity contribution >= 4 is 17.7 Å². The molecule has 8 heteroatoms. The first-order chi connectivity index (χ1) is 9.30. The number of primary amides is 1. The number of carbonyl (C=O) groups is 2. The van der Waals surface area contributed by atoms with Gasteiger partial charge in [-0.05, 0) is 24.3 Å². The summed E-state index contributed by atoms with van der Waals surface area (Å²) in [6.07, 6.45) is -1.76. The van der Waals surface area contributed by atoms with Gasteiger partial charge in [0.15, 0.2) is 0 Å². The highest BCUT2D eigenvalue weighted by molar-refractivity contribution is 6.03. The topological polar surface area (TPSA) is 66.6 Å². The molecule has 1 aliphatic heterocycles. The third kappa shape index (κ3) is 2.58. The maximum Gasteiger partial charge on any atom is 0.416 e. The molecule has 1 aromatic rings. The first kappa shape index (κ1) is 13.9. The van der Waals surface area contributed by atoms with E-state index in [0.29, 0.717) is 0 Å². The first-order valence-corrected chi connectivity index (χ1v) is 5.55. The van der Waals surface area contributed by atoms with Crippen LogP contribution >= 0.6 is 0 Å². The highest BCUT2D eigenvalue weighted by Crippen LogP contribution is 2.32. The summed E-state index contributed by atoms with van der Waals surface area (Å²) in [5.41, 5.74) is 4.15. The number of hydrogen-bond acceptors (Lipinski definition) is 2. The molecule has 0 saturated carbocycles. The molecule has 0 atom stereocenters. The Labute approximate surface area is 112 Å². The van der Waals surface area contributed by atoms with Gasteiger partial charge in [-0.15, -0.1) is 0 Å². The van der Waals surface area contributed by atoms with Crippen molar-refractivity contribution in [1.82, 2.24) is 4.90 Å². The maximum atomic E-state index is 12.6. The molecule has 0 saturated heterocycles. The number of alkyl halides is 3. The van der Waals surface area contributed by atoms with Gasteiger partial charge in [-0.3, -0.25) is 4.90 Å². The lowest BCUT2D eigenvalue weighted by Gasteiger charge is -2.29. The lowest BCUT2D eigenvalue weighted by atomic mass is 10.2. The maximum absolute atomic E-state index is 12.6. The standard InChI is InChI=1S/C12H10F3N3O2/c13-12(14,15)8-3-1-4-9(7-8)17-5-2-6-18(10(16)19)11(17)20/h1-5,7H,6H2,(H2,16,19). The summed E-state index contributed by atoms with van der Waals surface area (Å²) in [4.78, 5) is 24.7. The van der Waals surface area contributed by atoms with E-state index in [1.165, 1.54) is 24.4 Å². The molecule has 0 bridgehead atoms. The lowest BCUT2D eigenvalue weighted by Crippen LogP contribution is -2.49. The fraction of sp³-hybridized carbons (Fsp3) is 0.167. The van der Waals surface area contributed by atoms with E-state index < -0.39 is 23.8 Å². The number of nitrogens with two attached hydrogens (primary N) is 1. The van der Waals surface area contributed by atoms with Gasteiger partial charge in [-0.2, -0.15) is 13.2 Å². The summed E-state index contributed by atoms with van der Waals surface area (Å²) in [6.45, 7) is -0.0103. The molecule has 0 fully saturated rings. The quantitative estimate of drug-likeness (QED) is 0.861. The van der Waals surface area contributed by atoms with Crippen LogP contribution in [-0.4, -0.2) is 23.5 Å². The van der Waals surface area contributed by atoms with Gasteiger partial charge in [0, 0.05) is 6.20 Å². The van der Waals surface area contributed by atoms with Crippen molar-refractivity contribution in [2.45, 2.75) is 6.18 Å². The molecule has 0 aliphatic carbocycles. The van der Waals surface area contributed by atoms with Gasteiger partial charge in [0.25, 0.3) is 0 Å². The number of amides is 4. The second-order valence-electron chi connectivity index (χ2n) is 4.03. The predicted octanol–water partition coefficient (Wildman–Crippen LogP) is 2.54. The van der Waals surface area contributed by atoms with Crippen molar-refractivity contribution < 1.29 is 22.8 Å². The van der Waals surface area contributed by atoms with Crippen molar-refractivity contribution in [1.29, 1.82) is 0 Å². The minimum atomic E-state index is -4.51. The average Bonchev–Trinajstić information content (AvgIpc) is 2.38. The number of rotatable bonds is 1. The van der Waals surface area contributed by atoms with Crippen LogP contribution in [0.1, 0.15) is 5.56 Å². The molecule has 1 aliphatic rings. The van der Waals surface area contributed by atoms with Crippen LogP contribution < -0.4 is 10.6 Å². The van der Waals surface area contributed by atoms with Gasteiger partial charge in [0.05, 0.1) is 17.8 Å². The molecule has 1 heterocycles. The number of carbonyl (C=O) groups excluding carboxylic acids is 2. The number of benzene rings is 1. The summed E-state index contributed by atoms with van der Waals surface area (Å²) in [5.74, 6) is 0. The number of anilines is 1. The second kappa shape index (κ2) is 4.87. The van der Waals surface area contributed by atoms with Crippen molar-refractivity contribution in [2.24, 2.45) is 5.73 Å². The molecule has 2 N–H and O–H groups in total. The Morgan fingerprint density at radius 1 is 1.30 bits per heavy atom. The zero-order valence-electron chi connectivity index (χ0n) is 10.1. The molecule has 5 nitrogen and oxygen atoms in total. The number of hydrogen-bond donors (Lipinski definition) is 1. The van der Waals surface area contributed by atoms with Crippen molar-refractivity contribution in [2.75, 3.05) is 11.4 Å². The van der Waals surface area contributed by atoms with Crippen LogP contribution in [-0.2, 0) is 6.18 Å². The normalized spacial score (nSPS) is 15.7. The van der Waals surface area contributed by atoms with Gasteiger partial charge in [0.2, 0.25) is 0 Å². The molecule has 0 aromatic heterocycles. The van der Waals surface area contributed by atoms with Crippen molar-refractivity contribution in [3.05, 3.63) is 42.1 Å². The third-order valence-electron chi connectivity index (χ3n) is 2.70. The van der Waals surface area contributed by atoms with E-state index in [4.69, 9.17) is 5.73 Å². The molecular weight excluding hydrogens is 275 g/mol. The van der Waals surface area contributed by atoms with Crippen molar-refractivity contribution in [3.63, 3.8) is 0 Å². The molecule has 106 valence electrons. The van der Waals surface area contributed by atoms with E-state index in [2.05, 4.69) is 0 Å². The molecule has 20 heavy (non-hydrogen) atoms. The Morgan fingerprint density at radius 2 is 2.00 bits per heavy atom. The highest BCUT2D eigenvalue weighted by atomic mass is 19.4. The van der Waals surface area contributed by atoms with E-state index in [1.807, 2.05) is 0 Å². The summed E-state index contributed by atoms with van der Waals surface area (Å²) in [7, 11) is 0. The van der Waals surface area contributed by atoms with Crippen LogP contribution in [0.5, 0.6) is 0 Å². The van der Waals surface area contributed by atoms with Gasteiger partial charge in [-0.25, -0.2) is 14.5 Å². The van der Waals surface area contributed by atoms with Crippen LogP contribution in [0.2, 0.25) is 0 Å². The van der Waals surface area contributed by atoms with Crippen LogP contribution in [0.15, 0.2) is 36.5 Å².